The van der Waals surface area contributed by atoms with Gasteiger partial charge in [0.05, 0.1) is 11.6 Å². The molecule has 0 saturated carbocycles. The molecule has 112 valence electrons. The molecule has 0 aromatic heterocycles. The molecule has 1 amide bonds. The smallest absolute Gasteiger partial charge is 0.256 e. The summed E-state index contributed by atoms with van der Waals surface area (Å²) in [4.78, 5) is 12.3. The average molecular weight is 300 g/mol. The number of hydrogen-bond acceptors (Lipinski definition) is 3. The molecule has 0 bridgehead atoms. The number of carbonyl (C=O) groups excluding carboxylic acids is 1. The highest BCUT2D eigenvalue weighted by atomic mass is 35.5. The summed E-state index contributed by atoms with van der Waals surface area (Å²) in [6.45, 7) is 8.49. The number of amides is 1. The molecule has 4 nitrogen and oxygen atoms in total. The van der Waals surface area contributed by atoms with E-state index in [2.05, 4.69) is 5.32 Å². The maximum absolute atomic E-state index is 12.3. The van der Waals surface area contributed by atoms with E-state index in [9.17, 15) is 4.79 Å². The standard InChI is InChI=1S/C15H22ClNO3/c1-5-15(4,20-7-3)14(18)17-11-8-9-13(19-6-2)12(16)10-11/h8-10H,5-7H2,1-4H3,(H,17,18). The molecule has 1 N–H and O–H groups in total. The van der Waals surface area contributed by atoms with Crippen LogP contribution < -0.4 is 10.1 Å². The third-order valence-electron chi connectivity index (χ3n) is 3.11. The zero-order valence-corrected chi connectivity index (χ0v) is 13.2. The van der Waals surface area contributed by atoms with Gasteiger partial charge in [0.15, 0.2) is 0 Å². The molecule has 1 rings (SSSR count). The Bertz CT molecular complexity index is 464. The summed E-state index contributed by atoms with van der Waals surface area (Å²) in [6, 6.07) is 5.18. The first-order valence-corrected chi connectivity index (χ1v) is 7.22. The summed E-state index contributed by atoms with van der Waals surface area (Å²) in [5.41, 5.74) is -0.206. The molecular formula is C15H22ClNO3. The van der Waals surface area contributed by atoms with Crippen molar-refractivity contribution in [3.8, 4) is 5.75 Å². The van der Waals surface area contributed by atoms with Crippen molar-refractivity contribution in [2.45, 2.75) is 39.7 Å². The SMILES string of the molecule is CCOc1ccc(NC(=O)C(C)(CC)OCC)cc1Cl. The monoisotopic (exact) mass is 299 g/mol. The molecule has 1 atom stereocenters. The number of hydrogen-bond donors (Lipinski definition) is 1. The van der Waals surface area contributed by atoms with Crippen LogP contribution in [0.2, 0.25) is 5.02 Å². The lowest BCUT2D eigenvalue weighted by Gasteiger charge is -2.26. The second-order valence-corrected chi connectivity index (χ2v) is 4.96. The molecule has 0 fully saturated rings. The normalized spacial score (nSPS) is 13.7. The van der Waals surface area contributed by atoms with E-state index < -0.39 is 5.60 Å². The fourth-order valence-electron chi connectivity index (χ4n) is 1.76. The van der Waals surface area contributed by atoms with E-state index in [0.717, 1.165) is 0 Å². The largest absolute Gasteiger partial charge is 0.492 e. The van der Waals surface area contributed by atoms with Crippen LogP contribution in [0.1, 0.15) is 34.1 Å². The van der Waals surface area contributed by atoms with Crippen molar-refractivity contribution in [2.24, 2.45) is 0 Å². The van der Waals surface area contributed by atoms with Crippen LogP contribution in [-0.4, -0.2) is 24.7 Å². The quantitative estimate of drug-likeness (QED) is 0.831. The Morgan fingerprint density at radius 3 is 2.50 bits per heavy atom. The number of rotatable bonds is 7. The van der Waals surface area contributed by atoms with Crippen LogP contribution in [-0.2, 0) is 9.53 Å². The van der Waals surface area contributed by atoms with Gasteiger partial charge in [-0.3, -0.25) is 4.79 Å². The first-order valence-electron chi connectivity index (χ1n) is 6.84. The summed E-state index contributed by atoms with van der Waals surface area (Å²) in [6.07, 6.45) is 0.595. The van der Waals surface area contributed by atoms with Gasteiger partial charge < -0.3 is 14.8 Å². The molecule has 1 aromatic rings. The van der Waals surface area contributed by atoms with E-state index in [0.29, 0.717) is 36.1 Å². The van der Waals surface area contributed by atoms with Crippen LogP contribution >= 0.6 is 11.6 Å². The Labute approximate surface area is 125 Å². The van der Waals surface area contributed by atoms with Crippen molar-refractivity contribution >= 4 is 23.2 Å². The predicted molar refractivity (Wildman–Crippen MR) is 81.6 cm³/mol. The molecule has 0 heterocycles. The van der Waals surface area contributed by atoms with Crippen molar-refractivity contribution < 1.29 is 14.3 Å². The Morgan fingerprint density at radius 2 is 2.00 bits per heavy atom. The Morgan fingerprint density at radius 1 is 1.30 bits per heavy atom. The Kier molecular flexibility index (Phi) is 6.30. The van der Waals surface area contributed by atoms with Gasteiger partial charge >= 0.3 is 0 Å². The van der Waals surface area contributed by atoms with Crippen molar-refractivity contribution in [3.63, 3.8) is 0 Å². The van der Waals surface area contributed by atoms with Gasteiger partial charge in [0.25, 0.3) is 5.91 Å². The van der Waals surface area contributed by atoms with Gasteiger partial charge in [-0.2, -0.15) is 0 Å². The molecule has 0 aliphatic heterocycles. The first kappa shape index (κ1) is 16.8. The third-order valence-corrected chi connectivity index (χ3v) is 3.40. The number of benzene rings is 1. The molecule has 0 aliphatic carbocycles. The Hall–Kier alpha value is -1.26. The summed E-state index contributed by atoms with van der Waals surface area (Å²) < 4.78 is 10.9. The predicted octanol–water partition coefficient (Wildman–Crippen LogP) is 3.88. The molecule has 1 aromatic carbocycles. The summed E-state index contributed by atoms with van der Waals surface area (Å²) in [5.74, 6) is 0.428. The van der Waals surface area contributed by atoms with Crippen LogP contribution in [0.3, 0.4) is 0 Å². The van der Waals surface area contributed by atoms with Gasteiger partial charge in [0.1, 0.15) is 11.4 Å². The van der Waals surface area contributed by atoms with E-state index in [1.54, 1.807) is 25.1 Å². The van der Waals surface area contributed by atoms with Crippen LogP contribution in [0.4, 0.5) is 5.69 Å². The lowest BCUT2D eigenvalue weighted by Crippen LogP contribution is -2.42. The average Bonchev–Trinajstić information content (AvgIpc) is 2.42. The lowest BCUT2D eigenvalue weighted by atomic mass is 10.0. The highest BCUT2D eigenvalue weighted by molar-refractivity contribution is 6.32. The van der Waals surface area contributed by atoms with E-state index in [1.165, 1.54) is 0 Å². The maximum atomic E-state index is 12.3. The van der Waals surface area contributed by atoms with E-state index in [4.69, 9.17) is 21.1 Å². The molecular weight excluding hydrogens is 278 g/mol. The number of anilines is 1. The van der Waals surface area contributed by atoms with Gasteiger partial charge in [0, 0.05) is 12.3 Å². The fraction of sp³-hybridized carbons (Fsp3) is 0.533. The topological polar surface area (TPSA) is 47.6 Å². The Balaban J connectivity index is 2.82. The van der Waals surface area contributed by atoms with Crippen molar-refractivity contribution in [2.75, 3.05) is 18.5 Å². The van der Waals surface area contributed by atoms with Gasteiger partial charge in [-0.05, 0) is 45.4 Å². The third kappa shape index (κ3) is 4.12. The summed E-state index contributed by atoms with van der Waals surface area (Å²) in [5, 5.41) is 3.30. The molecule has 0 saturated heterocycles. The van der Waals surface area contributed by atoms with Gasteiger partial charge in [-0.25, -0.2) is 0 Å². The van der Waals surface area contributed by atoms with Gasteiger partial charge in [-0.1, -0.05) is 18.5 Å². The van der Waals surface area contributed by atoms with Crippen molar-refractivity contribution in [1.82, 2.24) is 0 Å². The molecule has 0 radical (unpaired) electrons. The molecule has 1 unspecified atom stereocenters. The molecule has 0 aliphatic rings. The van der Waals surface area contributed by atoms with Crippen molar-refractivity contribution in [1.29, 1.82) is 0 Å². The number of carbonyl (C=O) groups is 1. The summed E-state index contributed by atoms with van der Waals surface area (Å²) in [7, 11) is 0. The number of ether oxygens (including phenoxy) is 2. The summed E-state index contributed by atoms with van der Waals surface area (Å²) >= 11 is 6.09. The lowest BCUT2D eigenvalue weighted by molar-refractivity contribution is -0.139. The fourth-order valence-corrected chi connectivity index (χ4v) is 2.00. The van der Waals surface area contributed by atoms with Gasteiger partial charge in [-0.15, -0.1) is 0 Å². The van der Waals surface area contributed by atoms with Crippen LogP contribution in [0.15, 0.2) is 18.2 Å². The minimum atomic E-state index is -0.834. The number of halogens is 1. The molecule has 0 spiro atoms. The van der Waals surface area contributed by atoms with E-state index >= 15 is 0 Å². The van der Waals surface area contributed by atoms with E-state index in [1.807, 2.05) is 20.8 Å². The second-order valence-electron chi connectivity index (χ2n) is 4.55. The van der Waals surface area contributed by atoms with Crippen LogP contribution in [0, 0.1) is 0 Å². The van der Waals surface area contributed by atoms with E-state index in [-0.39, 0.29) is 5.91 Å². The van der Waals surface area contributed by atoms with Crippen molar-refractivity contribution in [3.05, 3.63) is 23.2 Å². The highest BCUT2D eigenvalue weighted by Gasteiger charge is 2.31. The molecule has 20 heavy (non-hydrogen) atoms. The zero-order chi connectivity index (χ0) is 15.2. The minimum absolute atomic E-state index is 0.179. The second kappa shape index (κ2) is 7.50. The van der Waals surface area contributed by atoms with Gasteiger partial charge in [0.2, 0.25) is 0 Å². The van der Waals surface area contributed by atoms with Crippen LogP contribution in [0.25, 0.3) is 0 Å². The first-order chi connectivity index (χ1) is 9.46. The molecule has 5 heteroatoms. The number of nitrogens with one attached hydrogen (secondary N) is 1. The van der Waals surface area contributed by atoms with Crippen LogP contribution in [0.5, 0.6) is 5.75 Å². The minimum Gasteiger partial charge on any atom is -0.492 e. The maximum Gasteiger partial charge on any atom is 0.256 e. The highest BCUT2D eigenvalue weighted by Crippen LogP contribution is 2.28. The zero-order valence-electron chi connectivity index (χ0n) is 12.5.